The van der Waals surface area contributed by atoms with E-state index in [-0.39, 0.29) is 0 Å². The Kier molecular flexibility index (Phi) is 4.28. The van der Waals surface area contributed by atoms with E-state index < -0.39 is 17.5 Å². The highest BCUT2D eigenvalue weighted by molar-refractivity contribution is 4.95. The van der Waals surface area contributed by atoms with Gasteiger partial charge in [0.1, 0.15) is 11.8 Å². The zero-order valence-corrected chi connectivity index (χ0v) is 8.97. The second-order valence-electron chi connectivity index (χ2n) is 3.50. The van der Waals surface area contributed by atoms with Gasteiger partial charge in [0.2, 0.25) is 0 Å². The molecule has 0 amide bonds. The number of likely N-dealkylation sites (N-methyl/N-ethyl adjacent to an activating group) is 3. The summed E-state index contributed by atoms with van der Waals surface area (Å²) in [7, 11) is 5.02. The smallest absolute Gasteiger partial charge is 0.142 e. The number of rotatable bonds is 5. The molecule has 0 fully saturated rings. The summed E-state index contributed by atoms with van der Waals surface area (Å²) in [6.45, 7) is 3.29. The lowest BCUT2D eigenvalue weighted by molar-refractivity contribution is -0.122. The van der Waals surface area contributed by atoms with Crippen LogP contribution < -0.4 is 16.0 Å². The van der Waals surface area contributed by atoms with Crippen LogP contribution in [0.15, 0.2) is 0 Å². The Labute approximate surface area is 79.5 Å². The first-order valence-corrected chi connectivity index (χ1v) is 4.31. The van der Waals surface area contributed by atoms with Crippen LogP contribution in [0.2, 0.25) is 0 Å². The van der Waals surface area contributed by atoms with E-state index in [0.717, 1.165) is 0 Å². The Morgan fingerprint density at radius 2 is 1.38 bits per heavy atom. The van der Waals surface area contributed by atoms with Gasteiger partial charge in [0.15, 0.2) is 0 Å². The van der Waals surface area contributed by atoms with Crippen molar-refractivity contribution >= 4 is 0 Å². The molecule has 13 heavy (non-hydrogen) atoms. The van der Waals surface area contributed by atoms with Crippen LogP contribution in [-0.2, 0) is 0 Å². The SMILES string of the molecule is CNC(C)(O)C(O)C(C)(NC)NC. The van der Waals surface area contributed by atoms with Gasteiger partial charge in [-0.3, -0.25) is 5.32 Å². The number of nitrogens with one attached hydrogen (secondary N) is 3. The van der Waals surface area contributed by atoms with Crippen LogP contribution in [0.5, 0.6) is 0 Å². The fourth-order valence-corrected chi connectivity index (χ4v) is 1.10. The van der Waals surface area contributed by atoms with Gasteiger partial charge in [-0.1, -0.05) is 0 Å². The molecule has 0 aromatic heterocycles. The van der Waals surface area contributed by atoms with Gasteiger partial charge in [-0.25, -0.2) is 0 Å². The first-order chi connectivity index (χ1) is 5.84. The van der Waals surface area contributed by atoms with Gasteiger partial charge in [-0.05, 0) is 35.0 Å². The molecule has 0 aromatic carbocycles. The van der Waals surface area contributed by atoms with E-state index in [2.05, 4.69) is 16.0 Å². The predicted octanol–water partition coefficient (Wildman–Crippen LogP) is -1.57. The third-order valence-corrected chi connectivity index (χ3v) is 2.62. The summed E-state index contributed by atoms with van der Waals surface area (Å²) in [4.78, 5) is 0. The molecule has 2 atom stereocenters. The first kappa shape index (κ1) is 12.8. The summed E-state index contributed by atoms with van der Waals surface area (Å²) in [5, 5.41) is 28.1. The maximum Gasteiger partial charge on any atom is 0.142 e. The van der Waals surface area contributed by atoms with Gasteiger partial charge >= 0.3 is 0 Å². The summed E-state index contributed by atoms with van der Waals surface area (Å²) in [5.41, 5.74) is -2.06. The van der Waals surface area contributed by atoms with Crippen molar-refractivity contribution in [2.24, 2.45) is 0 Å². The molecule has 0 rings (SSSR count). The van der Waals surface area contributed by atoms with Gasteiger partial charge in [0.05, 0.1) is 5.66 Å². The minimum atomic E-state index is -1.33. The molecule has 2 unspecified atom stereocenters. The number of aliphatic hydroxyl groups is 2. The van der Waals surface area contributed by atoms with Crippen LogP contribution in [-0.4, -0.2) is 48.8 Å². The lowest BCUT2D eigenvalue weighted by Crippen LogP contribution is -2.69. The highest BCUT2D eigenvalue weighted by Gasteiger charge is 2.41. The second-order valence-corrected chi connectivity index (χ2v) is 3.50. The van der Waals surface area contributed by atoms with Crippen molar-refractivity contribution in [3.8, 4) is 0 Å². The van der Waals surface area contributed by atoms with Gasteiger partial charge in [-0.15, -0.1) is 0 Å². The highest BCUT2D eigenvalue weighted by atomic mass is 16.4. The normalized spacial score (nSPS) is 19.6. The van der Waals surface area contributed by atoms with Gasteiger partial charge < -0.3 is 20.8 Å². The number of aliphatic hydroxyl groups excluding tert-OH is 1. The summed E-state index contributed by atoms with van der Waals surface area (Å²) in [6.07, 6.45) is -0.972. The maximum absolute atomic E-state index is 9.86. The van der Waals surface area contributed by atoms with Crippen molar-refractivity contribution in [2.45, 2.75) is 31.3 Å². The molecule has 5 heteroatoms. The number of hydrogen-bond acceptors (Lipinski definition) is 5. The molecule has 5 nitrogen and oxygen atoms in total. The molecule has 0 aliphatic carbocycles. The van der Waals surface area contributed by atoms with Crippen LogP contribution in [0, 0.1) is 0 Å². The predicted molar refractivity (Wildman–Crippen MR) is 52.2 cm³/mol. The van der Waals surface area contributed by atoms with Crippen LogP contribution in [0.1, 0.15) is 13.8 Å². The van der Waals surface area contributed by atoms with E-state index in [1.807, 2.05) is 0 Å². The molecule has 80 valence electrons. The molecule has 0 saturated heterocycles. The van der Waals surface area contributed by atoms with E-state index in [1.54, 1.807) is 28.1 Å². The molecular formula is C8H21N3O2. The molecule has 0 bridgehead atoms. The lowest BCUT2D eigenvalue weighted by Gasteiger charge is -2.41. The molecule has 0 aliphatic heterocycles. The van der Waals surface area contributed by atoms with E-state index >= 15 is 0 Å². The largest absolute Gasteiger partial charge is 0.385 e. The van der Waals surface area contributed by atoms with E-state index in [0.29, 0.717) is 0 Å². The monoisotopic (exact) mass is 191 g/mol. The summed E-state index contributed by atoms with van der Waals surface area (Å²) in [6, 6.07) is 0. The third-order valence-electron chi connectivity index (χ3n) is 2.62. The average Bonchev–Trinajstić information content (AvgIpc) is 2.15. The van der Waals surface area contributed by atoms with Crippen molar-refractivity contribution < 1.29 is 10.2 Å². The van der Waals surface area contributed by atoms with Crippen molar-refractivity contribution in [1.29, 1.82) is 0 Å². The molecule has 5 N–H and O–H groups in total. The Morgan fingerprint density at radius 1 is 1.00 bits per heavy atom. The maximum atomic E-state index is 9.86. The van der Waals surface area contributed by atoms with Crippen molar-refractivity contribution in [3.63, 3.8) is 0 Å². The van der Waals surface area contributed by atoms with Crippen LogP contribution in [0.25, 0.3) is 0 Å². The highest BCUT2D eigenvalue weighted by Crippen LogP contribution is 2.15. The minimum absolute atomic E-state index is 0.730. The average molecular weight is 191 g/mol. The van der Waals surface area contributed by atoms with E-state index in [1.165, 1.54) is 6.92 Å². The van der Waals surface area contributed by atoms with Crippen molar-refractivity contribution in [1.82, 2.24) is 16.0 Å². The number of hydrogen-bond donors (Lipinski definition) is 5. The zero-order chi connectivity index (χ0) is 10.7. The fraction of sp³-hybridized carbons (Fsp3) is 1.00. The van der Waals surface area contributed by atoms with Gasteiger partial charge in [0.25, 0.3) is 0 Å². The molecule has 0 aromatic rings. The van der Waals surface area contributed by atoms with Crippen molar-refractivity contribution in [2.75, 3.05) is 21.1 Å². The third kappa shape index (κ3) is 2.62. The Morgan fingerprint density at radius 3 is 1.62 bits per heavy atom. The van der Waals surface area contributed by atoms with Crippen molar-refractivity contribution in [3.05, 3.63) is 0 Å². The second kappa shape index (κ2) is 4.34. The summed E-state index contributed by atoms with van der Waals surface area (Å²) >= 11 is 0. The van der Waals surface area contributed by atoms with Gasteiger partial charge in [0, 0.05) is 0 Å². The lowest BCUT2D eigenvalue weighted by atomic mass is 9.96. The first-order valence-electron chi connectivity index (χ1n) is 4.31. The van der Waals surface area contributed by atoms with E-state index in [9.17, 15) is 10.2 Å². The Hall–Kier alpha value is -0.200. The minimum Gasteiger partial charge on any atom is -0.385 e. The van der Waals surface area contributed by atoms with Crippen LogP contribution >= 0.6 is 0 Å². The summed E-state index contributed by atoms with van der Waals surface area (Å²) < 4.78 is 0. The molecule has 0 heterocycles. The fourth-order valence-electron chi connectivity index (χ4n) is 1.10. The molecule has 0 spiro atoms. The van der Waals surface area contributed by atoms with E-state index in [4.69, 9.17) is 0 Å². The molecular weight excluding hydrogens is 170 g/mol. The quantitative estimate of drug-likeness (QED) is 0.339. The molecule has 0 saturated carbocycles. The zero-order valence-electron chi connectivity index (χ0n) is 8.97. The molecule has 0 aliphatic rings. The Bertz CT molecular complexity index is 157. The molecule has 0 radical (unpaired) electrons. The summed E-state index contributed by atoms with van der Waals surface area (Å²) in [5.74, 6) is 0. The standard InChI is InChI=1S/C8H21N3O2/c1-7(9-3,10-4)6(12)8(2,13)11-5/h6,9-13H,1-5H3. The Balaban J connectivity index is 4.64. The van der Waals surface area contributed by atoms with Crippen LogP contribution in [0.4, 0.5) is 0 Å². The topological polar surface area (TPSA) is 76.5 Å². The van der Waals surface area contributed by atoms with Gasteiger partial charge in [-0.2, -0.15) is 0 Å². The van der Waals surface area contributed by atoms with Crippen LogP contribution in [0.3, 0.4) is 0 Å².